The highest BCUT2D eigenvalue weighted by Crippen LogP contribution is 2.20. The summed E-state index contributed by atoms with van der Waals surface area (Å²) in [6.07, 6.45) is -0.137. The third-order valence-corrected chi connectivity index (χ3v) is 2.09. The number of hydrogen-bond acceptors (Lipinski definition) is 2. The molecule has 2 atom stereocenters. The maximum atomic E-state index is 13.3. The van der Waals surface area contributed by atoms with E-state index in [9.17, 15) is 4.39 Å². The number of benzene rings is 1. The Kier molecular flexibility index (Phi) is 4.09. The summed E-state index contributed by atoms with van der Waals surface area (Å²) in [4.78, 5) is 0. The first-order valence-corrected chi connectivity index (χ1v) is 5.10. The number of hydrogen-bond donors (Lipinski definition) is 1. The molecule has 0 amide bonds. The van der Waals surface area contributed by atoms with Gasteiger partial charge in [-0.1, -0.05) is 6.07 Å². The Morgan fingerprint density at radius 2 is 2.07 bits per heavy atom. The molecule has 2 unspecified atom stereocenters. The Labute approximate surface area is 89.7 Å². The lowest BCUT2D eigenvalue weighted by molar-refractivity contribution is 0.112. The minimum atomic E-state index is -0.437. The van der Waals surface area contributed by atoms with Crippen molar-refractivity contribution in [3.63, 3.8) is 0 Å². The van der Waals surface area contributed by atoms with Crippen molar-refractivity contribution in [3.8, 4) is 5.75 Å². The minimum absolute atomic E-state index is 0.193. The highest BCUT2D eigenvalue weighted by Gasteiger charge is 2.10. The Balaban J connectivity index is 2.67. The molecule has 15 heavy (non-hydrogen) atoms. The minimum Gasteiger partial charge on any atom is -0.488 e. The fourth-order valence-corrected chi connectivity index (χ4v) is 1.45. The molecule has 3 heteroatoms. The molecule has 1 aromatic rings. The molecule has 0 bridgehead atoms. The fraction of sp³-hybridized carbons (Fsp3) is 0.500. The van der Waals surface area contributed by atoms with Crippen LogP contribution in [0.3, 0.4) is 0 Å². The van der Waals surface area contributed by atoms with Gasteiger partial charge >= 0.3 is 0 Å². The van der Waals surface area contributed by atoms with Gasteiger partial charge in [-0.25, -0.2) is 4.39 Å². The quantitative estimate of drug-likeness (QED) is 0.831. The summed E-state index contributed by atoms with van der Waals surface area (Å²) in [6, 6.07) is 4.75. The first-order valence-electron chi connectivity index (χ1n) is 5.10. The lowest BCUT2D eigenvalue weighted by Crippen LogP contribution is -2.18. The molecule has 1 rings (SSSR count). The van der Waals surface area contributed by atoms with E-state index in [-0.39, 0.29) is 17.7 Å². The van der Waals surface area contributed by atoms with Crippen molar-refractivity contribution in [2.24, 2.45) is 0 Å². The number of aliphatic hydroxyl groups is 1. The normalized spacial score (nSPS) is 14.7. The molecule has 0 saturated heterocycles. The molecule has 0 radical (unpaired) electrons. The van der Waals surface area contributed by atoms with Crippen molar-refractivity contribution in [2.75, 3.05) is 0 Å². The molecule has 0 aromatic heterocycles. The zero-order valence-corrected chi connectivity index (χ0v) is 9.33. The lowest BCUT2D eigenvalue weighted by Gasteiger charge is -2.16. The molecule has 0 aliphatic rings. The zero-order chi connectivity index (χ0) is 11.4. The van der Waals surface area contributed by atoms with Crippen molar-refractivity contribution in [1.82, 2.24) is 0 Å². The van der Waals surface area contributed by atoms with Crippen LogP contribution in [-0.4, -0.2) is 17.3 Å². The van der Waals surface area contributed by atoms with Gasteiger partial charge in [0.05, 0.1) is 12.2 Å². The second kappa shape index (κ2) is 5.12. The van der Waals surface area contributed by atoms with Crippen LogP contribution in [0, 0.1) is 12.7 Å². The summed E-state index contributed by atoms with van der Waals surface area (Å²) in [6.45, 7) is 5.38. The fourth-order valence-electron chi connectivity index (χ4n) is 1.45. The molecule has 1 N–H and O–H groups in total. The van der Waals surface area contributed by atoms with Gasteiger partial charge in [-0.2, -0.15) is 0 Å². The monoisotopic (exact) mass is 212 g/mol. The van der Waals surface area contributed by atoms with E-state index in [1.165, 1.54) is 6.07 Å². The molecule has 0 saturated carbocycles. The molecule has 2 nitrogen and oxygen atoms in total. The van der Waals surface area contributed by atoms with Crippen molar-refractivity contribution >= 4 is 0 Å². The van der Waals surface area contributed by atoms with Crippen LogP contribution in [0.15, 0.2) is 18.2 Å². The maximum absolute atomic E-state index is 13.3. The van der Waals surface area contributed by atoms with Crippen molar-refractivity contribution in [2.45, 2.75) is 39.4 Å². The summed E-state index contributed by atoms with van der Waals surface area (Å²) in [5.41, 5.74) is 0.954. The van der Waals surface area contributed by atoms with Crippen LogP contribution in [0.25, 0.3) is 0 Å². The summed E-state index contributed by atoms with van der Waals surface area (Å²) in [7, 11) is 0. The lowest BCUT2D eigenvalue weighted by atomic mass is 10.2. The van der Waals surface area contributed by atoms with Crippen molar-refractivity contribution in [3.05, 3.63) is 29.6 Å². The van der Waals surface area contributed by atoms with E-state index in [4.69, 9.17) is 9.84 Å². The Morgan fingerprint density at radius 1 is 1.40 bits per heavy atom. The van der Waals surface area contributed by atoms with Gasteiger partial charge in [0.2, 0.25) is 0 Å². The Hall–Kier alpha value is -1.09. The van der Waals surface area contributed by atoms with E-state index in [1.54, 1.807) is 19.1 Å². The maximum Gasteiger partial charge on any atom is 0.165 e. The van der Waals surface area contributed by atoms with E-state index in [1.807, 2.05) is 13.8 Å². The van der Waals surface area contributed by atoms with Gasteiger partial charge < -0.3 is 9.84 Å². The SMILES string of the molecule is Cc1ccc(F)c(OC(C)CC(C)O)c1. The topological polar surface area (TPSA) is 29.5 Å². The Morgan fingerprint density at radius 3 is 2.67 bits per heavy atom. The van der Waals surface area contributed by atoms with E-state index in [0.29, 0.717) is 6.42 Å². The number of rotatable bonds is 4. The Bertz CT molecular complexity index is 323. The molecular weight excluding hydrogens is 195 g/mol. The standard InChI is InChI=1S/C12H17FO2/c1-8-4-5-11(13)12(6-8)15-10(3)7-9(2)14/h4-6,9-10,14H,7H2,1-3H3. The molecule has 0 aliphatic carbocycles. The van der Waals surface area contributed by atoms with Gasteiger partial charge in [-0.05, 0) is 38.5 Å². The van der Waals surface area contributed by atoms with Gasteiger partial charge in [-0.3, -0.25) is 0 Å². The highest BCUT2D eigenvalue weighted by molar-refractivity contribution is 5.29. The number of aliphatic hydroxyl groups excluding tert-OH is 1. The molecule has 0 fully saturated rings. The highest BCUT2D eigenvalue weighted by atomic mass is 19.1. The smallest absolute Gasteiger partial charge is 0.165 e. The molecule has 0 aliphatic heterocycles. The first kappa shape index (κ1) is 12.0. The van der Waals surface area contributed by atoms with Gasteiger partial charge in [0.1, 0.15) is 0 Å². The van der Waals surface area contributed by atoms with Crippen LogP contribution in [0.4, 0.5) is 4.39 Å². The van der Waals surface area contributed by atoms with Crippen molar-refractivity contribution in [1.29, 1.82) is 0 Å². The summed E-state index contributed by atoms with van der Waals surface area (Å²) in [5, 5.41) is 9.15. The molecule has 1 aromatic carbocycles. The zero-order valence-electron chi connectivity index (χ0n) is 9.33. The molecule has 0 heterocycles. The number of aryl methyl sites for hydroxylation is 1. The number of ether oxygens (including phenoxy) is 1. The van der Waals surface area contributed by atoms with Crippen LogP contribution < -0.4 is 4.74 Å². The molecule has 0 spiro atoms. The van der Waals surface area contributed by atoms with Crippen LogP contribution in [0.5, 0.6) is 5.75 Å². The van der Waals surface area contributed by atoms with Gasteiger partial charge in [0.25, 0.3) is 0 Å². The van der Waals surface area contributed by atoms with Crippen LogP contribution >= 0.6 is 0 Å². The third kappa shape index (κ3) is 3.88. The van der Waals surface area contributed by atoms with Crippen LogP contribution in [0.1, 0.15) is 25.8 Å². The van der Waals surface area contributed by atoms with Gasteiger partial charge in [0.15, 0.2) is 11.6 Å². The van der Waals surface area contributed by atoms with Crippen LogP contribution in [-0.2, 0) is 0 Å². The first-order chi connectivity index (χ1) is 6.99. The third-order valence-electron chi connectivity index (χ3n) is 2.09. The largest absolute Gasteiger partial charge is 0.488 e. The van der Waals surface area contributed by atoms with Crippen LogP contribution in [0.2, 0.25) is 0 Å². The van der Waals surface area contributed by atoms with Crippen molar-refractivity contribution < 1.29 is 14.2 Å². The predicted octanol–water partition coefficient (Wildman–Crippen LogP) is 2.67. The predicted molar refractivity (Wildman–Crippen MR) is 57.5 cm³/mol. The second-order valence-electron chi connectivity index (χ2n) is 3.95. The van der Waals surface area contributed by atoms with E-state index < -0.39 is 6.10 Å². The van der Waals surface area contributed by atoms with E-state index in [2.05, 4.69) is 0 Å². The average molecular weight is 212 g/mol. The van der Waals surface area contributed by atoms with Gasteiger partial charge in [0, 0.05) is 6.42 Å². The van der Waals surface area contributed by atoms with Gasteiger partial charge in [-0.15, -0.1) is 0 Å². The molecular formula is C12H17FO2. The summed E-state index contributed by atoms with van der Waals surface area (Å²) in [5.74, 6) is -0.110. The van der Waals surface area contributed by atoms with E-state index in [0.717, 1.165) is 5.56 Å². The van der Waals surface area contributed by atoms with E-state index >= 15 is 0 Å². The summed E-state index contributed by atoms with van der Waals surface area (Å²) < 4.78 is 18.7. The second-order valence-corrected chi connectivity index (χ2v) is 3.95. The summed E-state index contributed by atoms with van der Waals surface area (Å²) >= 11 is 0. The average Bonchev–Trinajstić information content (AvgIpc) is 2.10. The number of halogens is 1. The molecule has 84 valence electrons.